The van der Waals surface area contributed by atoms with Crippen molar-refractivity contribution < 1.29 is 0 Å². The third-order valence-corrected chi connectivity index (χ3v) is 7.35. The van der Waals surface area contributed by atoms with Crippen LogP contribution in [-0.2, 0) is 0 Å². The number of hydrogen-bond acceptors (Lipinski definition) is 0. The Kier molecular flexibility index (Phi) is 4.63. The summed E-state index contributed by atoms with van der Waals surface area (Å²) in [6.45, 7) is 0. The lowest BCUT2D eigenvalue weighted by Crippen LogP contribution is -2.27. The lowest BCUT2D eigenvalue weighted by molar-refractivity contribution is 1.13. The fraction of sp³-hybridized carbons (Fsp3) is 0.0286. The van der Waals surface area contributed by atoms with Crippen molar-refractivity contribution in [2.24, 2.45) is 0 Å². The second-order valence-corrected chi connectivity index (χ2v) is 9.24. The SMILES string of the molecule is c1ccc(C2=c3c(c4ccccc4c4ccccc34)=C(c3ccccc3)C2c2ccccc2)cc1. The number of fused-ring (bicyclic) bond motifs is 6. The molecule has 0 unspecified atom stereocenters. The van der Waals surface area contributed by atoms with Gasteiger partial charge in [-0.2, -0.15) is 0 Å². The summed E-state index contributed by atoms with van der Waals surface area (Å²) in [7, 11) is 0. The molecule has 0 amide bonds. The van der Waals surface area contributed by atoms with E-state index in [0.717, 1.165) is 0 Å². The van der Waals surface area contributed by atoms with Crippen LogP contribution in [0.25, 0.3) is 32.7 Å². The van der Waals surface area contributed by atoms with Crippen molar-refractivity contribution in [3.63, 3.8) is 0 Å². The summed E-state index contributed by atoms with van der Waals surface area (Å²) in [6, 6.07) is 50.8. The highest BCUT2D eigenvalue weighted by molar-refractivity contribution is 6.12. The molecule has 0 spiro atoms. The molecule has 0 N–H and O–H groups in total. The van der Waals surface area contributed by atoms with Gasteiger partial charge < -0.3 is 0 Å². The lowest BCUT2D eigenvalue weighted by atomic mass is 9.81. The summed E-state index contributed by atoms with van der Waals surface area (Å²) < 4.78 is 0. The van der Waals surface area contributed by atoms with E-state index in [2.05, 4.69) is 140 Å². The van der Waals surface area contributed by atoms with Gasteiger partial charge in [-0.1, -0.05) is 140 Å². The normalized spacial score (nSPS) is 13.5. The van der Waals surface area contributed by atoms with Crippen LogP contribution < -0.4 is 10.4 Å². The number of benzene rings is 6. The maximum atomic E-state index is 2.31. The van der Waals surface area contributed by atoms with Crippen molar-refractivity contribution in [1.29, 1.82) is 0 Å². The van der Waals surface area contributed by atoms with Crippen LogP contribution in [0, 0.1) is 0 Å². The monoisotopic (exact) mass is 444 g/mol. The van der Waals surface area contributed by atoms with Crippen LogP contribution >= 0.6 is 0 Å². The summed E-state index contributed by atoms with van der Waals surface area (Å²) in [6.07, 6.45) is 0. The molecule has 0 atom stereocenters. The molecule has 0 fully saturated rings. The Morgan fingerprint density at radius 2 is 0.657 bits per heavy atom. The minimum absolute atomic E-state index is 0.144. The molecule has 35 heavy (non-hydrogen) atoms. The standard InChI is InChI=1S/C35H24/c1-4-14-24(15-5-1)31-32(25-16-6-2-7-17-25)34-29-22-12-10-20-27(29)28-21-11-13-23-30(28)35(34)33(31)26-18-8-3-9-19-26/h1-23,31H. The Morgan fingerprint density at radius 1 is 0.314 bits per heavy atom. The first-order chi connectivity index (χ1) is 17.4. The summed E-state index contributed by atoms with van der Waals surface area (Å²) in [5.74, 6) is 0.144. The lowest BCUT2D eigenvalue weighted by Gasteiger charge is -2.21. The molecule has 7 rings (SSSR count). The van der Waals surface area contributed by atoms with Crippen LogP contribution in [0.4, 0.5) is 0 Å². The molecule has 0 aromatic heterocycles. The van der Waals surface area contributed by atoms with Crippen LogP contribution in [0.1, 0.15) is 22.6 Å². The van der Waals surface area contributed by atoms with Crippen molar-refractivity contribution in [1.82, 2.24) is 0 Å². The quantitative estimate of drug-likeness (QED) is 0.253. The smallest absolute Gasteiger partial charge is 0.0364 e. The van der Waals surface area contributed by atoms with Crippen LogP contribution in [0.3, 0.4) is 0 Å². The van der Waals surface area contributed by atoms with Crippen molar-refractivity contribution >= 4 is 32.7 Å². The van der Waals surface area contributed by atoms with E-state index >= 15 is 0 Å². The maximum absolute atomic E-state index is 2.31. The average Bonchev–Trinajstić information content (AvgIpc) is 3.31. The second-order valence-electron chi connectivity index (χ2n) is 9.24. The van der Waals surface area contributed by atoms with E-state index in [1.807, 2.05) is 0 Å². The van der Waals surface area contributed by atoms with Gasteiger partial charge in [0.1, 0.15) is 0 Å². The molecule has 0 heteroatoms. The van der Waals surface area contributed by atoms with Crippen molar-refractivity contribution in [3.8, 4) is 0 Å². The van der Waals surface area contributed by atoms with Gasteiger partial charge in [-0.15, -0.1) is 0 Å². The molecule has 6 aromatic rings. The number of rotatable bonds is 3. The minimum atomic E-state index is 0.144. The zero-order chi connectivity index (χ0) is 23.2. The van der Waals surface area contributed by atoms with Gasteiger partial charge in [0.05, 0.1) is 0 Å². The molecule has 0 saturated carbocycles. The topological polar surface area (TPSA) is 0 Å². The fourth-order valence-corrected chi connectivity index (χ4v) is 5.97. The molecule has 0 heterocycles. The Hall–Kier alpha value is -4.42. The van der Waals surface area contributed by atoms with E-state index in [-0.39, 0.29) is 5.92 Å². The summed E-state index contributed by atoms with van der Waals surface area (Å²) in [5, 5.41) is 8.03. The molecule has 1 aliphatic carbocycles. The van der Waals surface area contributed by atoms with Gasteiger partial charge in [0.15, 0.2) is 0 Å². The van der Waals surface area contributed by atoms with Crippen molar-refractivity contribution in [2.45, 2.75) is 5.92 Å². The van der Waals surface area contributed by atoms with E-state index < -0.39 is 0 Å². The second kappa shape index (κ2) is 8.11. The Morgan fingerprint density at radius 3 is 1.09 bits per heavy atom. The third-order valence-electron chi connectivity index (χ3n) is 7.35. The first-order valence-electron chi connectivity index (χ1n) is 12.3. The van der Waals surface area contributed by atoms with E-state index in [9.17, 15) is 0 Å². The largest absolute Gasteiger partial charge is 0.0622 e. The minimum Gasteiger partial charge on any atom is -0.0622 e. The van der Waals surface area contributed by atoms with Gasteiger partial charge in [-0.25, -0.2) is 0 Å². The molecule has 0 radical (unpaired) electrons. The Balaban J connectivity index is 1.81. The van der Waals surface area contributed by atoms with Crippen molar-refractivity contribution in [2.75, 3.05) is 0 Å². The molecule has 1 aliphatic rings. The third kappa shape index (κ3) is 3.07. The van der Waals surface area contributed by atoms with E-state index in [0.29, 0.717) is 0 Å². The van der Waals surface area contributed by atoms with Gasteiger partial charge in [-0.3, -0.25) is 0 Å². The maximum Gasteiger partial charge on any atom is 0.0364 e. The summed E-state index contributed by atoms with van der Waals surface area (Å²) in [5.41, 5.74) is 6.69. The summed E-state index contributed by atoms with van der Waals surface area (Å²) in [4.78, 5) is 0. The Labute approximate surface area is 205 Å². The zero-order valence-electron chi connectivity index (χ0n) is 19.4. The van der Waals surface area contributed by atoms with Gasteiger partial charge >= 0.3 is 0 Å². The fourth-order valence-electron chi connectivity index (χ4n) is 5.97. The van der Waals surface area contributed by atoms with Crippen LogP contribution in [0.15, 0.2) is 140 Å². The van der Waals surface area contributed by atoms with Gasteiger partial charge in [0.2, 0.25) is 0 Å². The molecular formula is C35H24. The van der Waals surface area contributed by atoms with Crippen LogP contribution in [0.2, 0.25) is 0 Å². The highest BCUT2D eigenvalue weighted by Crippen LogP contribution is 2.43. The van der Waals surface area contributed by atoms with Crippen molar-refractivity contribution in [3.05, 3.63) is 167 Å². The first kappa shape index (κ1) is 20.0. The first-order valence-corrected chi connectivity index (χ1v) is 12.3. The van der Waals surface area contributed by atoms with Gasteiger partial charge in [0, 0.05) is 5.92 Å². The van der Waals surface area contributed by atoms with E-state index in [4.69, 9.17) is 0 Å². The van der Waals surface area contributed by atoms with Gasteiger partial charge in [0.25, 0.3) is 0 Å². The van der Waals surface area contributed by atoms with Crippen LogP contribution in [0.5, 0.6) is 0 Å². The average molecular weight is 445 g/mol. The number of hydrogen-bond donors (Lipinski definition) is 0. The zero-order valence-corrected chi connectivity index (χ0v) is 19.4. The van der Waals surface area contributed by atoms with Crippen LogP contribution in [-0.4, -0.2) is 0 Å². The molecule has 0 nitrogen and oxygen atoms in total. The van der Waals surface area contributed by atoms with Gasteiger partial charge in [-0.05, 0) is 59.8 Å². The van der Waals surface area contributed by atoms with E-state index in [1.165, 1.54) is 59.8 Å². The molecule has 0 bridgehead atoms. The highest BCUT2D eigenvalue weighted by Gasteiger charge is 2.31. The molecule has 164 valence electrons. The van der Waals surface area contributed by atoms with E-state index in [1.54, 1.807) is 0 Å². The summed E-state index contributed by atoms with van der Waals surface area (Å²) >= 11 is 0. The predicted molar refractivity (Wildman–Crippen MR) is 148 cm³/mol. The predicted octanol–water partition coefficient (Wildman–Crippen LogP) is 7.19. The molecule has 0 aliphatic heterocycles. The molecular weight excluding hydrogens is 420 g/mol. The molecule has 6 aromatic carbocycles. The Bertz CT molecular complexity index is 1690. The molecule has 0 saturated heterocycles. The highest BCUT2D eigenvalue weighted by atomic mass is 14.3.